The van der Waals surface area contributed by atoms with E-state index in [-0.39, 0.29) is 17.4 Å². The molecule has 3 N–H and O–H groups in total. The van der Waals surface area contributed by atoms with Crippen molar-refractivity contribution in [2.75, 3.05) is 11.5 Å². The van der Waals surface area contributed by atoms with E-state index in [0.717, 1.165) is 11.5 Å². The topological polar surface area (TPSA) is 55.1 Å². The van der Waals surface area contributed by atoms with E-state index in [1.807, 2.05) is 39.5 Å². The van der Waals surface area contributed by atoms with E-state index in [1.165, 1.54) is 0 Å². The van der Waals surface area contributed by atoms with Crippen LogP contribution in [0.1, 0.15) is 34.6 Å². The highest BCUT2D eigenvalue weighted by Gasteiger charge is 2.27. The van der Waals surface area contributed by atoms with Gasteiger partial charge in [0, 0.05) is 11.8 Å². The monoisotopic (exact) mass is 232 g/mol. The molecule has 0 aromatic rings. The van der Waals surface area contributed by atoms with Crippen molar-refractivity contribution < 1.29 is 4.79 Å². The number of rotatable bonds is 5. The van der Waals surface area contributed by atoms with Crippen molar-refractivity contribution in [3.8, 4) is 0 Å². The van der Waals surface area contributed by atoms with Crippen LogP contribution in [0.15, 0.2) is 0 Å². The van der Waals surface area contributed by atoms with E-state index in [1.54, 1.807) is 0 Å². The molecule has 0 heterocycles. The van der Waals surface area contributed by atoms with Gasteiger partial charge in [0.15, 0.2) is 0 Å². The van der Waals surface area contributed by atoms with Crippen LogP contribution in [0, 0.1) is 5.41 Å². The lowest BCUT2D eigenvalue weighted by Gasteiger charge is -2.27. The molecule has 3 nitrogen and oxygen atoms in total. The summed E-state index contributed by atoms with van der Waals surface area (Å²) in [4.78, 5) is 11.7. The third-order valence-electron chi connectivity index (χ3n) is 2.18. The van der Waals surface area contributed by atoms with Crippen molar-refractivity contribution in [1.82, 2.24) is 5.32 Å². The van der Waals surface area contributed by atoms with Crippen LogP contribution < -0.4 is 11.1 Å². The lowest BCUT2D eigenvalue weighted by molar-refractivity contribution is -0.124. The fourth-order valence-electron chi connectivity index (χ4n) is 1.06. The first-order chi connectivity index (χ1) is 6.79. The zero-order chi connectivity index (χ0) is 12.1. The van der Waals surface area contributed by atoms with E-state index in [4.69, 9.17) is 5.73 Å². The number of hydrogen-bond acceptors (Lipinski definition) is 3. The number of carbonyl (C=O) groups excluding carboxylic acids is 1. The fraction of sp³-hybridized carbons (Fsp3) is 0.909. The van der Waals surface area contributed by atoms with Crippen molar-refractivity contribution in [2.45, 2.75) is 46.7 Å². The highest BCUT2D eigenvalue weighted by Crippen LogP contribution is 2.17. The fourth-order valence-corrected chi connectivity index (χ4v) is 1.73. The van der Waals surface area contributed by atoms with Crippen LogP contribution in [-0.4, -0.2) is 29.5 Å². The first-order valence-corrected chi connectivity index (χ1v) is 6.58. The Morgan fingerprint density at radius 1 is 1.47 bits per heavy atom. The summed E-state index contributed by atoms with van der Waals surface area (Å²) in [7, 11) is 0. The average Bonchev–Trinajstić information content (AvgIpc) is 2.11. The van der Waals surface area contributed by atoms with Crippen LogP contribution in [0.4, 0.5) is 0 Å². The second-order valence-electron chi connectivity index (χ2n) is 4.91. The second kappa shape index (κ2) is 6.38. The third kappa shape index (κ3) is 6.05. The van der Waals surface area contributed by atoms with E-state index < -0.39 is 6.04 Å². The minimum Gasteiger partial charge on any atom is -0.351 e. The van der Waals surface area contributed by atoms with Crippen LogP contribution >= 0.6 is 11.8 Å². The molecular weight excluding hydrogens is 208 g/mol. The highest BCUT2D eigenvalue weighted by atomic mass is 32.2. The van der Waals surface area contributed by atoms with Gasteiger partial charge in [0.1, 0.15) is 0 Å². The molecule has 0 saturated heterocycles. The molecule has 1 amide bonds. The zero-order valence-electron chi connectivity index (χ0n) is 10.5. The SMILES string of the molecule is CCSCC(C)NC(=O)[C@H](N)C(C)(C)C. The number of nitrogens with two attached hydrogens (primary N) is 1. The van der Waals surface area contributed by atoms with Gasteiger partial charge in [-0.2, -0.15) is 11.8 Å². The molecule has 0 fully saturated rings. The first kappa shape index (κ1) is 14.8. The van der Waals surface area contributed by atoms with Crippen LogP contribution in [0.2, 0.25) is 0 Å². The van der Waals surface area contributed by atoms with E-state index >= 15 is 0 Å². The zero-order valence-corrected chi connectivity index (χ0v) is 11.3. The van der Waals surface area contributed by atoms with Gasteiger partial charge in [0.05, 0.1) is 6.04 Å². The molecule has 0 aromatic carbocycles. The summed E-state index contributed by atoms with van der Waals surface area (Å²) in [5.74, 6) is 1.97. The van der Waals surface area contributed by atoms with E-state index in [0.29, 0.717) is 0 Å². The molecule has 0 radical (unpaired) electrons. The summed E-state index contributed by atoms with van der Waals surface area (Å²) in [6.07, 6.45) is 0. The molecule has 2 atom stereocenters. The quantitative estimate of drug-likeness (QED) is 0.757. The van der Waals surface area contributed by atoms with Crippen molar-refractivity contribution in [3.63, 3.8) is 0 Å². The molecule has 0 aliphatic heterocycles. The number of hydrogen-bond donors (Lipinski definition) is 2. The minimum absolute atomic E-state index is 0.0493. The lowest BCUT2D eigenvalue weighted by atomic mass is 9.87. The molecule has 0 spiro atoms. The second-order valence-corrected chi connectivity index (χ2v) is 6.23. The van der Waals surface area contributed by atoms with Gasteiger partial charge >= 0.3 is 0 Å². The summed E-state index contributed by atoms with van der Waals surface area (Å²) in [6.45, 7) is 10.0. The Morgan fingerprint density at radius 2 is 2.00 bits per heavy atom. The summed E-state index contributed by atoms with van der Waals surface area (Å²) < 4.78 is 0. The Bertz CT molecular complexity index is 201. The van der Waals surface area contributed by atoms with Gasteiger partial charge < -0.3 is 11.1 Å². The van der Waals surface area contributed by atoms with Crippen molar-refractivity contribution in [3.05, 3.63) is 0 Å². The number of amides is 1. The standard InChI is InChI=1S/C11H24N2OS/c1-6-15-7-8(2)13-10(14)9(12)11(3,4)5/h8-9H,6-7,12H2,1-5H3,(H,13,14)/t8?,9-/m0/s1. The maximum Gasteiger partial charge on any atom is 0.237 e. The van der Waals surface area contributed by atoms with E-state index in [2.05, 4.69) is 12.2 Å². The summed E-state index contributed by atoms with van der Waals surface area (Å²) >= 11 is 1.82. The van der Waals surface area contributed by atoms with Gasteiger partial charge in [0.2, 0.25) is 5.91 Å². The molecule has 4 heteroatoms. The Balaban J connectivity index is 4.02. The minimum atomic E-state index is -0.438. The molecule has 0 bridgehead atoms. The maximum absolute atomic E-state index is 11.7. The summed E-state index contributed by atoms with van der Waals surface area (Å²) in [5.41, 5.74) is 5.67. The number of thioether (sulfide) groups is 1. The third-order valence-corrected chi connectivity index (χ3v) is 3.32. The smallest absolute Gasteiger partial charge is 0.237 e. The number of nitrogens with one attached hydrogen (secondary N) is 1. The highest BCUT2D eigenvalue weighted by molar-refractivity contribution is 7.99. The van der Waals surface area contributed by atoms with Crippen LogP contribution in [0.5, 0.6) is 0 Å². The molecule has 0 rings (SSSR count). The predicted molar refractivity (Wildman–Crippen MR) is 68.0 cm³/mol. The Morgan fingerprint density at radius 3 is 2.40 bits per heavy atom. The molecule has 0 aliphatic carbocycles. The largest absolute Gasteiger partial charge is 0.351 e. The van der Waals surface area contributed by atoms with Crippen molar-refractivity contribution in [2.24, 2.45) is 11.1 Å². The maximum atomic E-state index is 11.7. The Kier molecular flexibility index (Phi) is 6.29. The number of carbonyl (C=O) groups is 1. The first-order valence-electron chi connectivity index (χ1n) is 5.42. The van der Waals surface area contributed by atoms with Gasteiger partial charge in [0.25, 0.3) is 0 Å². The molecule has 0 aromatic heterocycles. The normalized spacial score (nSPS) is 15.9. The van der Waals surface area contributed by atoms with Gasteiger partial charge in [-0.3, -0.25) is 4.79 Å². The van der Waals surface area contributed by atoms with E-state index in [9.17, 15) is 4.79 Å². The molecular formula is C11H24N2OS. The Labute approximate surface area is 97.6 Å². The molecule has 0 aliphatic rings. The Hall–Kier alpha value is -0.220. The van der Waals surface area contributed by atoms with Crippen molar-refractivity contribution >= 4 is 17.7 Å². The van der Waals surface area contributed by atoms with Gasteiger partial charge in [-0.15, -0.1) is 0 Å². The van der Waals surface area contributed by atoms with Gasteiger partial charge in [-0.25, -0.2) is 0 Å². The van der Waals surface area contributed by atoms with Crippen LogP contribution in [0.25, 0.3) is 0 Å². The molecule has 1 unspecified atom stereocenters. The van der Waals surface area contributed by atoms with Crippen LogP contribution in [0.3, 0.4) is 0 Å². The molecule has 90 valence electrons. The van der Waals surface area contributed by atoms with Gasteiger partial charge in [-0.05, 0) is 18.1 Å². The van der Waals surface area contributed by atoms with Gasteiger partial charge in [-0.1, -0.05) is 27.7 Å². The van der Waals surface area contributed by atoms with Crippen molar-refractivity contribution in [1.29, 1.82) is 0 Å². The summed E-state index contributed by atoms with van der Waals surface area (Å²) in [5, 5.41) is 2.94. The predicted octanol–water partition coefficient (Wildman–Crippen LogP) is 1.62. The summed E-state index contributed by atoms with van der Waals surface area (Å²) in [6, 6.07) is -0.248. The van der Waals surface area contributed by atoms with Crippen LogP contribution in [-0.2, 0) is 4.79 Å². The molecule has 0 saturated carbocycles. The average molecular weight is 232 g/mol. The molecule has 15 heavy (non-hydrogen) atoms. The lowest BCUT2D eigenvalue weighted by Crippen LogP contribution is -2.51.